The minimum atomic E-state index is -0.386. The molecule has 1 aliphatic heterocycles. The molecule has 1 aromatic rings. The first-order valence-corrected chi connectivity index (χ1v) is 7.52. The number of fused-ring (bicyclic) bond motifs is 1. The molecule has 1 aromatic carbocycles. The highest BCUT2D eigenvalue weighted by Gasteiger charge is 2.29. The fourth-order valence-electron chi connectivity index (χ4n) is 3.20. The topological polar surface area (TPSA) is 61.4 Å². The van der Waals surface area contributed by atoms with Gasteiger partial charge in [-0.1, -0.05) is 37.1 Å². The number of nitrogens with one attached hydrogen (secondary N) is 2. The highest BCUT2D eigenvalue weighted by atomic mass is 16.3. The van der Waals surface area contributed by atoms with Gasteiger partial charge in [0.2, 0.25) is 5.91 Å². The number of amides is 1. The van der Waals surface area contributed by atoms with E-state index in [1.165, 1.54) is 11.1 Å². The second-order valence-corrected chi connectivity index (χ2v) is 5.87. The van der Waals surface area contributed by atoms with Crippen LogP contribution in [0.5, 0.6) is 0 Å². The molecule has 4 heteroatoms. The summed E-state index contributed by atoms with van der Waals surface area (Å²) in [5.74, 6) is 0.0189. The zero-order valence-corrected chi connectivity index (χ0v) is 11.6. The van der Waals surface area contributed by atoms with Gasteiger partial charge in [0, 0.05) is 6.54 Å². The molecule has 3 unspecified atom stereocenters. The van der Waals surface area contributed by atoms with Crippen LogP contribution >= 0.6 is 0 Å². The van der Waals surface area contributed by atoms with Crippen LogP contribution in [0.4, 0.5) is 0 Å². The lowest BCUT2D eigenvalue weighted by Crippen LogP contribution is -2.53. The van der Waals surface area contributed by atoms with Crippen molar-refractivity contribution in [3.63, 3.8) is 0 Å². The van der Waals surface area contributed by atoms with Crippen molar-refractivity contribution < 1.29 is 9.90 Å². The van der Waals surface area contributed by atoms with E-state index in [-0.39, 0.29) is 24.1 Å². The number of aliphatic hydroxyl groups is 1. The van der Waals surface area contributed by atoms with Crippen LogP contribution in [0.15, 0.2) is 24.3 Å². The molecule has 2 aliphatic rings. The van der Waals surface area contributed by atoms with E-state index in [1.807, 2.05) is 12.1 Å². The first-order chi connectivity index (χ1) is 9.74. The predicted octanol–water partition coefficient (Wildman–Crippen LogP) is 1.12. The van der Waals surface area contributed by atoms with E-state index in [4.69, 9.17) is 0 Å². The van der Waals surface area contributed by atoms with Crippen LogP contribution in [-0.2, 0) is 17.8 Å². The van der Waals surface area contributed by atoms with Crippen LogP contribution in [0.2, 0.25) is 0 Å². The highest BCUT2D eigenvalue weighted by molar-refractivity contribution is 5.82. The number of hydrogen-bond acceptors (Lipinski definition) is 3. The average Bonchev–Trinajstić information content (AvgIpc) is 2.49. The van der Waals surface area contributed by atoms with Gasteiger partial charge in [0.05, 0.1) is 18.2 Å². The largest absolute Gasteiger partial charge is 0.391 e. The van der Waals surface area contributed by atoms with Gasteiger partial charge in [0.15, 0.2) is 0 Å². The van der Waals surface area contributed by atoms with Gasteiger partial charge >= 0.3 is 0 Å². The summed E-state index contributed by atoms with van der Waals surface area (Å²) in [4.78, 5) is 12.3. The van der Waals surface area contributed by atoms with Gasteiger partial charge in [0.25, 0.3) is 0 Å². The maximum absolute atomic E-state index is 12.3. The highest BCUT2D eigenvalue weighted by Crippen LogP contribution is 2.20. The average molecular weight is 274 g/mol. The van der Waals surface area contributed by atoms with E-state index in [9.17, 15) is 9.90 Å². The summed E-state index contributed by atoms with van der Waals surface area (Å²) in [5.41, 5.74) is 2.52. The Hall–Kier alpha value is -1.39. The predicted molar refractivity (Wildman–Crippen MR) is 77.2 cm³/mol. The van der Waals surface area contributed by atoms with Crippen LogP contribution in [0.3, 0.4) is 0 Å². The van der Waals surface area contributed by atoms with Crippen molar-refractivity contribution in [2.24, 2.45) is 0 Å². The second-order valence-electron chi connectivity index (χ2n) is 5.87. The molecular formula is C16H22N2O2. The summed E-state index contributed by atoms with van der Waals surface area (Å²) in [6.45, 7) is 0.738. The van der Waals surface area contributed by atoms with Gasteiger partial charge in [-0.15, -0.1) is 0 Å². The Labute approximate surface area is 119 Å². The number of aliphatic hydroxyl groups excluding tert-OH is 1. The molecule has 0 saturated heterocycles. The normalized spacial score (nSPS) is 29.6. The lowest BCUT2D eigenvalue weighted by molar-refractivity contribution is -0.125. The Kier molecular flexibility index (Phi) is 4.03. The lowest BCUT2D eigenvalue weighted by Gasteiger charge is -2.31. The van der Waals surface area contributed by atoms with E-state index in [0.29, 0.717) is 0 Å². The first kappa shape index (κ1) is 13.6. The van der Waals surface area contributed by atoms with Gasteiger partial charge in [-0.3, -0.25) is 4.79 Å². The summed E-state index contributed by atoms with van der Waals surface area (Å²) < 4.78 is 0. The van der Waals surface area contributed by atoms with E-state index in [2.05, 4.69) is 22.8 Å². The number of benzene rings is 1. The SMILES string of the molecule is O=C(NC1CCCCC1O)C1Cc2ccccc2CN1. The molecule has 1 heterocycles. The molecule has 3 atom stereocenters. The maximum atomic E-state index is 12.3. The van der Waals surface area contributed by atoms with Crippen molar-refractivity contribution in [1.82, 2.24) is 10.6 Å². The van der Waals surface area contributed by atoms with Crippen LogP contribution in [0.1, 0.15) is 36.8 Å². The van der Waals surface area contributed by atoms with E-state index in [1.54, 1.807) is 0 Å². The Balaban J connectivity index is 1.61. The monoisotopic (exact) mass is 274 g/mol. The van der Waals surface area contributed by atoms with Crippen LogP contribution in [0, 0.1) is 0 Å². The van der Waals surface area contributed by atoms with Crippen LogP contribution < -0.4 is 10.6 Å². The summed E-state index contributed by atoms with van der Waals surface area (Å²) >= 11 is 0. The van der Waals surface area contributed by atoms with Crippen molar-refractivity contribution in [3.05, 3.63) is 35.4 Å². The molecule has 0 aromatic heterocycles. The van der Waals surface area contributed by atoms with E-state index >= 15 is 0 Å². The number of carbonyl (C=O) groups excluding carboxylic acids is 1. The molecule has 108 valence electrons. The van der Waals surface area contributed by atoms with Crippen LogP contribution in [-0.4, -0.2) is 29.2 Å². The zero-order chi connectivity index (χ0) is 13.9. The molecule has 1 aliphatic carbocycles. The van der Waals surface area contributed by atoms with Gasteiger partial charge in [-0.25, -0.2) is 0 Å². The molecule has 1 fully saturated rings. The summed E-state index contributed by atoms with van der Waals surface area (Å²) in [6, 6.07) is 7.98. The fraction of sp³-hybridized carbons (Fsp3) is 0.562. The van der Waals surface area contributed by atoms with Crippen molar-refractivity contribution in [3.8, 4) is 0 Å². The number of rotatable bonds is 2. The van der Waals surface area contributed by atoms with Gasteiger partial charge in [-0.2, -0.15) is 0 Å². The summed E-state index contributed by atoms with van der Waals surface area (Å²) in [5, 5.41) is 16.2. The van der Waals surface area contributed by atoms with Crippen molar-refractivity contribution in [2.75, 3.05) is 0 Å². The maximum Gasteiger partial charge on any atom is 0.237 e. The molecule has 3 N–H and O–H groups in total. The van der Waals surface area contributed by atoms with Gasteiger partial charge in [-0.05, 0) is 30.4 Å². The summed E-state index contributed by atoms with van der Waals surface area (Å²) in [7, 11) is 0. The van der Waals surface area contributed by atoms with Crippen molar-refractivity contribution in [2.45, 2.75) is 56.8 Å². The third kappa shape index (κ3) is 2.86. The van der Waals surface area contributed by atoms with E-state index < -0.39 is 0 Å². The second kappa shape index (κ2) is 5.94. The minimum Gasteiger partial charge on any atom is -0.391 e. The lowest BCUT2D eigenvalue weighted by atomic mass is 9.91. The van der Waals surface area contributed by atoms with Gasteiger partial charge < -0.3 is 15.7 Å². The quantitative estimate of drug-likeness (QED) is 0.757. The molecule has 1 saturated carbocycles. The standard InChI is InChI=1S/C16H22N2O2/c19-15-8-4-3-7-13(15)18-16(20)14-9-11-5-1-2-6-12(11)10-17-14/h1-2,5-6,13-15,17,19H,3-4,7-10H2,(H,18,20). The number of hydrogen-bond donors (Lipinski definition) is 3. The smallest absolute Gasteiger partial charge is 0.237 e. The molecule has 20 heavy (non-hydrogen) atoms. The third-order valence-corrected chi connectivity index (χ3v) is 4.45. The fourth-order valence-corrected chi connectivity index (χ4v) is 3.20. The molecule has 0 spiro atoms. The summed E-state index contributed by atoms with van der Waals surface area (Å²) in [6.07, 6.45) is 4.17. The molecule has 3 rings (SSSR count). The van der Waals surface area contributed by atoms with Crippen molar-refractivity contribution >= 4 is 5.91 Å². The number of carbonyl (C=O) groups is 1. The third-order valence-electron chi connectivity index (χ3n) is 4.45. The minimum absolute atomic E-state index is 0.0189. The van der Waals surface area contributed by atoms with E-state index in [0.717, 1.165) is 38.6 Å². The van der Waals surface area contributed by atoms with Crippen molar-refractivity contribution in [1.29, 1.82) is 0 Å². The Morgan fingerprint density at radius 2 is 1.95 bits per heavy atom. The first-order valence-electron chi connectivity index (χ1n) is 7.52. The Morgan fingerprint density at radius 3 is 2.75 bits per heavy atom. The molecule has 1 amide bonds. The Bertz CT molecular complexity index is 489. The molecule has 4 nitrogen and oxygen atoms in total. The van der Waals surface area contributed by atoms with Crippen LogP contribution in [0.25, 0.3) is 0 Å². The Morgan fingerprint density at radius 1 is 1.20 bits per heavy atom. The molecule has 0 radical (unpaired) electrons. The molecular weight excluding hydrogens is 252 g/mol. The molecule has 0 bridgehead atoms. The zero-order valence-electron chi connectivity index (χ0n) is 11.6. The van der Waals surface area contributed by atoms with Gasteiger partial charge in [0.1, 0.15) is 0 Å².